The maximum absolute atomic E-state index is 5.39. The summed E-state index contributed by atoms with van der Waals surface area (Å²) in [5, 5.41) is 14.8. The first-order valence-corrected chi connectivity index (χ1v) is 20.7. The van der Waals surface area contributed by atoms with Crippen LogP contribution >= 0.6 is 0 Å². The van der Waals surface area contributed by atoms with Crippen LogP contribution in [-0.4, -0.2) is 143 Å². The summed E-state index contributed by atoms with van der Waals surface area (Å²) < 4.78 is 14.5. The molecule has 7 heterocycles. The number of aryl methyl sites for hydroxylation is 3. The van der Waals surface area contributed by atoms with E-state index in [9.17, 15) is 0 Å². The fourth-order valence-corrected chi connectivity index (χ4v) is 7.09. The number of likely N-dealkylation sites (tertiary alicyclic amines) is 1. The van der Waals surface area contributed by atoms with Crippen LogP contribution in [0.25, 0.3) is 32.6 Å². The molecule has 0 bridgehead atoms. The van der Waals surface area contributed by atoms with Crippen molar-refractivity contribution in [2.45, 2.75) is 39.5 Å². The molecule has 310 valence electrons. The minimum atomic E-state index is 0.878. The summed E-state index contributed by atoms with van der Waals surface area (Å²) in [6.45, 7) is 18.4. The number of rotatable bonds is 2. The highest BCUT2D eigenvalue weighted by molar-refractivity contribution is 6.15. The van der Waals surface area contributed by atoms with E-state index in [1.165, 1.54) is 97.6 Å². The van der Waals surface area contributed by atoms with Gasteiger partial charge in [0, 0.05) is 75.0 Å². The molecule has 0 aliphatic carbocycles. The van der Waals surface area contributed by atoms with E-state index in [0.29, 0.717) is 0 Å². The normalized spacial score (nSPS) is 17.9. The zero-order chi connectivity index (χ0) is 40.3. The van der Waals surface area contributed by atoms with Gasteiger partial charge in [-0.3, -0.25) is 5.32 Å². The highest BCUT2D eigenvalue weighted by Crippen LogP contribution is 2.35. The van der Waals surface area contributed by atoms with E-state index in [2.05, 4.69) is 118 Å². The number of benzene rings is 2. The predicted octanol–water partition coefficient (Wildman–Crippen LogP) is 5.27. The van der Waals surface area contributed by atoms with Crippen molar-refractivity contribution in [2.24, 2.45) is 20.0 Å². The van der Waals surface area contributed by atoms with Gasteiger partial charge in [-0.1, -0.05) is 6.92 Å². The number of aromatic nitrogens is 4. The van der Waals surface area contributed by atoms with Crippen LogP contribution in [0, 0.1) is 12.8 Å². The van der Waals surface area contributed by atoms with Crippen LogP contribution in [0.2, 0.25) is 0 Å². The van der Waals surface area contributed by atoms with Crippen LogP contribution < -0.4 is 25.3 Å². The molecular weight excluding hydrogens is 701 g/mol. The molecule has 4 saturated heterocycles. The number of nitrogens with one attached hydrogen (secondary N) is 4. The molecule has 12 nitrogen and oxygen atoms in total. The van der Waals surface area contributed by atoms with Crippen LogP contribution in [0.3, 0.4) is 0 Å². The maximum Gasteiger partial charge on any atom is 0.281 e. The first kappa shape index (κ1) is 44.9. The number of pyridine rings is 1. The zero-order valence-corrected chi connectivity index (χ0v) is 36.1. The summed E-state index contributed by atoms with van der Waals surface area (Å²) in [5.74, 6) is 2.97. The van der Waals surface area contributed by atoms with Crippen LogP contribution in [0.4, 0.5) is 5.82 Å². The Morgan fingerprint density at radius 1 is 0.804 bits per heavy atom. The van der Waals surface area contributed by atoms with Gasteiger partial charge in [-0.15, -0.1) is 0 Å². The Morgan fingerprint density at radius 3 is 1.89 bits per heavy atom. The fourth-order valence-electron chi connectivity index (χ4n) is 7.09. The number of piperazine rings is 1. The molecule has 4 fully saturated rings. The van der Waals surface area contributed by atoms with E-state index in [-0.39, 0.29) is 0 Å². The smallest absolute Gasteiger partial charge is 0.281 e. The maximum atomic E-state index is 5.39. The Kier molecular flexibility index (Phi) is 19.3. The first-order chi connectivity index (χ1) is 27.1. The van der Waals surface area contributed by atoms with Crippen molar-refractivity contribution >= 4 is 38.4 Å². The topological polar surface area (TPSA) is 102 Å². The number of ether oxygens (including phenoxy) is 2. The van der Waals surface area contributed by atoms with Crippen molar-refractivity contribution in [1.29, 1.82) is 0 Å². The van der Waals surface area contributed by atoms with E-state index in [1.54, 1.807) is 19.6 Å². The number of H-pyrrole nitrogens is 1. The molecule has 2 aromatic carbocycles. The molecule has 5 aromatic rings. The SMILES string of the molecule is CC1CCNCC1.CN1CCCC1.CN1CCNCC1.CN1CCOCC1.CNc1c2cc3c([nH]c4ccc(OC)cc43)c(C)c2cc[n+]1C.Cn1ccnc1. The lowest BCUT2D eigenvalue weighted by Crippen LogP contribution is -2.40. The van der Waals surface area contributed by atoms with E-state index >= 15 is 0 Å². The molecule has 3 aromatic heterocycles. The van der Waals surface area contributed by atoms with Crippen molar-refractivity contribution in [3.63, 3.8) is 0 Å². The van der Waals surface area contributed by atoms with Gasteiger partial charge in [0.15, 0.2) is 0 Å². The third kappa shape index (κ3) is 14.3. The summed E-state index contributed by atoms with van der Waals surface area (Å²) >= 11 is 0. The number of imidazole rings is 1. The minimum Gasteiger partial charge on any atom is -0.497 e. The van der Waals surface area contributed by atoms with E-state index in [1.807, 2.05) is 30.9 Å². The Morgan fingerprint density at radius 2 is 1.45 bits per heavy atom. The van der Waals surface area contributed by atoms with Gasteiger partial charge in [-0.05, 0) is 127 Å². The molecule has 56 heavy (non-hydrogen) atoms. The molecule has 0 saturated carbocycles. The molecule has 4 aliphatic rings. The Bertz CT molecular complexity index is 1780. The van der Waals surface area contributed by atoms with Gasteiger partial charge in [0.1, 0.15) is 5.75 Å². The van der Waals surface area contributed by atoms with Crippen molar-refractivity contribution < 1.29 is 14.0 Å². The molecule has 4 aliphatic heterocycles. The number of aromatic amines is 1. The highest BCUT2D eigenvalue weighted by Gasteiger charge is 2.16. The van der Waals surface area contributed by atoms with Gasteiger partial charge in [0.25, 0.3) is 5.82 Å². The molecule has 0 radical (unpaired) electrons. The van der Waals surface area contributed by atoms with Crippen LogP contribution in [0.5, 0.6) is 5.75 Å². The molecule has 0 unspecified atom stereocenters. The number of nitrogens with zero attached hydrogens (tertiary/aromatic N) is 6. The van der Waals surface area contributed by atoms with E-state index in [4.69, 9.17) is 9.47 Å². The van der Waals surface area contributed by atoms with Gasteiger partial charge in [-0.2, -0.15) is 0 Å². The number of anilines is 1. The Labute approximate surface area is 336 Å². The number of hydrogen-bond donors (Lipinski definition) is 4. The van der Waals surface area contributed by atoms with Gasteiger partial charge >= 0.3 is 0 Å². The summed E-state index contributed by atoms with van der Waals surface area (Å²) in [6.07, 6.45) is 13.1. The van der Waals surface area contributed by atoms with Gasteiger partial charge in [0.05, 0.1) is 57.8 Å². The average molecular weight is 774 g/mol. The third-order valence-electron chi connectivity index (χ3n) is 10.9. The second-order valence-electron chi connectivity index (χ2n) is 15.6. The molecule has 9 rings (SSSR count). The second-order valence-corrected chi connectivity index (χ2v) is 15.6. The highest BCUT2D eigenvalue weighted by atomic mass is 16.5. The lowest BCUT2D eigenvalue weighted by molar-refractivity contribution is -0.656. The standard InChI is InChI=1S/C19H19N3O.C6H13N.C5H12N2.C5H11NO.C5H11N.C4H6N2/c1-11-13-7-8-22(3)19(20-2)16(13)10-15-14-9-12(23-4)5-6-17(14)21-18(11)15;1-6-2-4-7-5-3-6;1-7-4-2-6-3-5-7;1-6-2-4-7-5-3-6;1-6-4-2-3-5-6;1-6-3-2-5-4-6/h5-10H,1-4H3,(H,20,21);6-7H,2-5H2,1H3;6H,2-5H2,1H3;2-5H2,1H3;2-5H2,1H3;2-4H,1H3/p+1. The second kappa shape index (κ2) is 24.1. The number of piperidine rings is 1. The van der Waals surface area contributed by atoms with E-state index < -0.39 is 0 Å². The van der Waals surface area contributed by atoms with Crippen molar-refractivity contribution in [2.75, 3.05) is 119 Å². The van der Waals surface area contributed by atoms with Crippen molar-refractivity contribution in [3.05, 3.63) is 60.8 Å². The number of methoxy groups -OCH3 is 1. The Hall–Kier alpha value is -3.78. The Balaban J connectivity index is 0.000000172. The number of likely N-dealkylation sites (N-methyl/N-ethyl adjacent to an activating group) is 2. The monoisotopic (exact) mass is 774 g/mol. The first-order valence-electron chi connectivity index (χ1n) is 20.7. The third-order valence-corrected chi connectivity index (χ3v) is 10.9. The van der Waals surface area contributed by atoms with Gasteiger partial charge < -0.3 is 44.4 Å². The largest absolute Gasteiger partial charge is 0.497 e. The molecular formula is C44H73N10O2+. The predicted molar refractivity (Wildman–Crippen MR) is 235 cm³/mol. The van der Waals surface area contributed by atoms with Crippen LogP contribution in [-0.2, 0) is 18.8 Å². The fraction of sp³-hybridized carbons (Fsp3) is 0.591. The summed E-state index contributed by atoms with van der Waals surface area (Å²) in [5.41, 5.74) is 3.59. The van der Waals surface area contributed by atoms with Gasteiger partial charge in [0.2, 0.25) is 0 Å². The van der Waals surface area contributed by atoms with Crippen molar-refractivity contribution in [3.8, 4) is 5.75 Å². The quantitative estimate of drug-likeness (QED) is 0.179. The van der Waals surface area contributed by atoms with Crippen LogP contribution in [0.1, 0.15) is 38.2 Å². The lowest BCUT2D eigenvalue weighted by Gasteiger charge is -2.21. The summed E-state index contributed by atoms with van der Waals surface area (Å²) in [7, 11) is 14.1. The molecule has 4 N–H and O–H groups in total. The minimum absolute atomic E-state index is 0.878. The average Bonchev–Trinajstić information content (AvgIpc) is 3.99. The number of morpholine rings is 1. The van der Waals surface area contributed by atoms with E-state index in [0.717, 1.165) is 62.4 Å². The molecule has 0 amide bonds. The van der Waals surface area contributed by atoms with Crippen molar-refractivity contribution in [1.82, 2.24) is 39.9 Å². The molecule has 0 atom stereocenters. The van der Waals surface area contributed by atoms with Crippen LogP contribution in [0.15, 0.2) is 55.2 Å². The molecule has 0 spiro atoms. The van der Waals surface area contributed by atoms with Gasteiger partial charge in [-0.25, -0.2) is 9.55 Å². The lowest BCUT2D eigenvalue weighted by atomic mass is 10.0. The summed E-state index contributed by atoms with van der Waals surface area (Å²) in [6, 6.07) is 10.6. The number of hydrogen-bond acceptors (Lipinski definition) is 9. The number of fused-ring (bicyclic) bond motifs is 4. The zero-order valence-electron chi connectivity index (χ0n) is 36.1. The summed E-state index contributed by atoms with van der Waals surface area (Å²) in [4.78, 5) is 14.3. The molecule has 12 heteroatoms.